The van der Waals surface area contributed by atoms with Crippen molar-refractivity contribution in [2.75, 3.05) is 0 Å². The first-order chi connectivity index (χ1) is 11.1. The summed E-state index contributed by atoms with van der Waals surface area (Å²) in [4.78, 5) is 24.1. The van der Waals surface area contributed by atoms with Crippen molar-refractivity contribution in [2.24, 2.45) is 0 Å². The van der Waals surface area contributed by atoms with E-state index >= 15 is 0 Å². The van der Waals surface area contributed by atoms with Gasteiger partial charge in [0.2, 0.25) is 0 Å². The molecule has 0 saturated carbocycles. The van der Waals surface area contributed by atoms with Gasteiger partial charge in [-0.15, -0.1) is 0 Å². The van der Waals surface area contributed by atoms with Gasteiger partial charge >= 0.3 is 35.2 Å². The number of para-hydroxylation sites is 1. The van der Waals surface area contributed by atoms with Gasteiger partial charge in [0, 0.05) is 39.6 Å². The Kier molecular flexibility index (Phi) is 8.53. The van der Waals surface area contributed by atoms with Crippen molar-refractivity contribution in [3.8, 4) is 5.75 Å². The first-order valence-electron chi connectivity index (χ1n) is 7.37. The maximum Gasteiger partial charge on any atom is 0 e. The van der Waals surface area contributed by atoms with E-state index in [-0.39, 0.29) is 80.4 Å². The number of carbonyl (C=O) groups excluding carboxylic acids is 1. The van der Waals surface area contributed by atoms with Gasteiger partial charge in [-0.2, -0.15) is 0 Å². The Bertz CT molecular complexity index is 922. The first kappa shape index (κ1) is 22.1. The molecule has 1 atom stereocenters. The second kappa shape index (κ2) is 9.66. The van der Waals surface area contributed by atoms with E-state index in [0.29, 0.717) is 11.0 Å². The Balaban J connectivity index is 0.00000156. The minimum Gasteiger partial charge on any atom is 0 e. The fourth-order valence-corrected chi connectivity index (χ4v) is 2.81. The molecule has 0 fully saturated rings. The monoisotopic (exact) mass is 540 g/mol. The molecule has 3 rings (SSSR count). The zero-order chi connectivity index (χ0) is 16.4. The first-order valence-corrected chi connectivity index (χ1v) is 7.37. The molecule has 1 heterocycles. The van der Waals surface area contributed by atoms with Crippen molar-refractivity contribution in [3.05, 3.63) is 76.1 Å². The maximum absolute atomic E-state index is 12.4. The van der Waals surface area contributed by atoms with Gasteiger partial charge < -0.3 is 9.52 Å². The normalized spacial score (nSPS) is 11.2. The molecule has 122 valence electrons. The van der Waals surface area contributed by atoms with Crippen LogP contribution >= 0.6 is 0 Å². The van der Waals surface area contributed by atoms with E-state index in [1.54, 1.807) is 24.3 Å². The summed E-state index contributed by atoms with van der Waals surface area (Å²) in [6.07, 6.45) is 0.126. The fourth-order valence-electron chi connectivity index (χ4n) is 2.81. The quantitative estimate of drug-likeness (QED) is 0.409. The van der Waals surface area contributed by atoms with Crippen molar-refractivity contribution in [1.29, 1.82) is 0 Å². The van der Waals surface area contributed by atoms with E-state index in [2.05, 4.69) is 0 Å². The van der Waals surface area contributed by atoms with Crippen LogP contribution in [0, 0.1) is 0 Å². The number of fused-ring (bicyclic) bond motifs is 1. The van der Waals surface area contributed by atoms with Crippen LogP contribution in [-0.4, -0.2) is 67.7 Å². The molecule has 0 aliphatic rings. The molecule has 4 nitrogen and oxygen atoms in total. The molecule has 2 aromatic carbocycles. The minimum absolute atomic E-state index is 0. The Hall–Kier alpha value is -0.958. The summed E-state index contributed by atoms with van der Waals surface area (Å²) in [6, 6.07) is 16.0. The standard InChI is InChI=1S/C19H16O4.Na.Pb.H/c1-12(20)11-15(13-7-3-2-4-8-13)17-18(21)14-9-5-6-10-16(14)23-19(17)22;;;/h2-10,15,21H,11H2,1H3;;;. The molecule has 0 aliphatic carbocycles. The molecule has 25 heavy (non-hydrogen) atoms. The van der Waals surface area contributed by atoms with E-state index in [4.69, 9.17) is 4.42 Å². The van der Waals surface area contributed by atoms with Crippen molar-refractivity contribution in [1.82, 2.24) is 0 Å². The average Bonchev–Trinajstić information content (AvgIpc) is 2.54. The van der Waals surface area contributed by atoms with Crippen molar-refractivity contribution in [2.45, 2.75) is 19.3 Å². The zero-order valence-electron chi connectivity index (χ0n) is 13.2. The number of rotatable bonds is 4. The third-order valence-corrected chi connectivity index (χ3v) is 3.86. The SMILES string of the molecule is CC(=O)CC(c1ccccc1)c1c(O)c2ccccc2oc1=O.[NaH].[Pb]. The van der Waals surface area contributed by atoms with E-state index in [9.17, 15) is 14.7 Å². The number of Topliss-reactive ketones (excluding diaryl/α,β-unsaturated/α-hetero) is 1. The fraction of sp³-hybridized carbons (Fsp3) is 0.158. The largest absolute Gasteiger partial charge is 0 e. The Morgan fingerprint density at radius 1 is 1.08 bits per heavy atom. The molecule has 0 aliphatic heterocycles. The van der Waals surface area contributed by atoms with E-state index in [1.807, 2.05) is 30.3 Å². The van der Waals surface area contributed by atoms with Crippen LogP contribution in [0.25, 0.3) is 11.0 Å². The average molecular weight is 540 g/mol. The van der Waals surface area contributed by atoms with Gasteiger partial charge in [-0.25, -0.2) is 4.79 Å². The van der Waals surface area contributed by atoms with E-state index in [0.717, 1.165) is 5.56 Å². The maximum atomic E-state index is 12.4. The molecular formula is C19H17NaO4Pb. The van der Waals surface area contributed by atoms with Gasteiger partial charge in [0.05, 0.1) is 10.9 Å². The van der Waals surface area contributed by atoms with Crippen LogP contribution in [0.3, 0.4) is 0 Å². The van der Waals surface area contributed by atoms with Crippen LogP contribution in [0.15, 0.2) is 63.8 Å². The molecule has 0 amide bonds. The van der Waals surface area contributed by atoms with Crippen LogP contribution in [0.1, 0.15) is 30.4 Å². The number of carbonyl (C=O) groups is 1. The van der Waals surface area contributed by atoms with E-state index < -0.39 is 11.5 Å². The molecule has 0 bridgehead atoms. The van der Waals surface area contributed by atoms with Crippen LogP contribution in [0.5, 0.6) is 5.75 Å². The Morgan fingerprint density at radius 2 is 1.68 bits per heavy atom. The molecule has 1 aromatic heterocycles. The molecule has 6 heteroatoms. The molecule has 1 unspecified atom stereocenters. The molecule has 4 radical (unpaired) electrons. The number of ketones is 1. The predicted molar refractivity (Wildman–Crippen MR) is 101 cm³/mol. The predicted octanol–water partition coefficient (Wildman–Crippen LogP) is 2.58. The van der Waals surface area contributed by atoms with Gasteiger partial charge in [-0.3, -0.25) is 4.79 Å². The van der Waals surface area contributed by atoms with Crippen molar-refractivity contribution in [3.63, 3.8) is 0 Å². The third kappa shape index (κ3) is 4.81. The molecular weight excluding hydrogens is 522 g/mol. The smallest absolute Gasteiger partial charge is 0 e. The second-order valence-electron chi connectivity index (χ2n) is 5.52. The van der Waals surface area contributed by atoms with E-state index in [1.165, 1.54) is 6.92 Å². The Labute approximate surface area is 187 Å². The van der Waals surface area contributed by atoms with Crippen molar-refractivity contribution >= 4 is 73.6 Å². The number of hydrogen-bond donors (Lipinski definition) is 1. The summed E-state index contributed by atoms with van der Waals surface area (Å²) in [5.74, 6) is -0.715. The summed E-state index contributed by atoms with van der Waals surface area (Å²) in [5.41, 5.74) is 0.635. The van der Waals surface area contributed by atoms with Gasteiger partial charge in [0.1, 0.15) is 17.1 Å². The number of benzene rings is 2. The second-order valence-corrected chi connectivity index (χ2v) is 5.52. The van der Waals surface area contributed by atoms with Crippen LogP contribution in [0.4, 0.5) is 0 Å². The van der Waals surface area contributed by atoms with Gasteiger partial charge in [-0.05, 0) is 24.6 Å². The molecule has 1 N–H and O–H groups in total. The van der Waals surface area contributed by atoms with Crippen LogP contribution in [-0.2, 0) is 4.79 Å². The van der Waals surface area contributed by atoms with Crippen LogP contribution < -0.4 is 5.63 Å². The molecule has 0 saturated heterocycles. The third-order valence-electron chi connectivity index (χ3n) is 3.86. The summed E-state index contributed by atoms with van der Waals surface area (Å²) in [6.45, 7) is 1.47. The molecule has 0 spiro atoms. The van der Waals surface area contributed by atoms with Crippen molar-refractivity contribution < 1.29 is 14.3 Å². The number of aromatic hydroxyl groups is 1. The summed E-state index contributed by atoms with van der Waals surface area (Å²) < 4.78 is 5.33. The topological polar surface area (TPSA) is 67.5 Å². The summed E-state index contributed by atoms with van der Waals surface area (Å²) in [7, 11) is 0. The Morgan fingerprint density at radius 3 is 2.32 bits per heavy atom. The van der Waals surface area contributed by atoms with Gasteiger partial charge in [-0.1, -0.05) is 42.5 Å². The number of hydrogen-bond acceptors (Lipinski definition) is 4. The van der Waals surface area contributed by atoms with Gasteiger partial charge in [0.25, 0.3) is 0 Å². The molecule has 3 aromatic rings. The van der Waals surface area contributed by atoms with Gasteiger partial charge in [0.15, 0.2) is 0 Å². The summed E-state index contributed by atoms with van der Waals surface area (Å²) >= 11 is 0. The summed E-state index contributed by atoms with van der Waals surface area (Å²) in [5, 5.41) is 11.1. The van der Waals surface area contributed by atoms with Crippen LogP contribution in [0.2, 0.25) is 0 Å². The zero-order valence-corrected chi connectivity index (χ0v) is 17.0. The minimum atomic E-state index is -0.615.